The number of aliphatic hydroxyl groups excluding tert-OH is 4. The predicted molar refractivity (Wildman–Crippen MR) is 188 cm³/mol. The van der Waals surface area contributed by atoms with Crippen LogP contribution < -0.4 is 10.6 Å². The highest BCUT2D eigenvalue weighted by atomic mass is 33.1. The number of methoxy groups -OCH3 is 1. The first-order valence-electron chi connectivity index (χ1n) is 15.5. The average molecular weight is 807 g/mol. The second-order valence-corrected chi connectivity index (χ2v) is 15.8. The zero-order chi connectivity index (χ0) is 37.9. The molecule has 22 heteroatoms. The smallest absolute Gasteiger partial charge is 0.338 e. The van der Waals surface area contributed by atoms with E-state index in [0.717, 1.165) is 43.2 Å². The number of amides is 2. The molecule has 4 unspecified atom stereocenters. The Kier molecular flexibility index (Phi) is 16.2. The van der Waals surface area contributed by atoms with Gasteiger partial charge in [0.15, 0.2) is 6.29 Å². The minimum Gasteiger partial charge on any atom is -0.478 e. The van der Waals surface area contributed by atoms with Gasteiger partial charge in [-0.15, -0.1) is 0 Å². The summed E-state index contributed by atoms with van der Waals surface area (Å²) in [6.45, 7) is 0.311. The number of carbonyl (C=O) groups excluding carboxylic acids is 2. The zero-order valence-electron chi connectivity index (χ0n) is 27.5. The minimum atomic E-state index is -1.54. The molecular formula is C30H38N4O14S4. The molecule has 0 bridgehead atoms. The van der Waals surface area contributed by atoms with Crippen molar-refractivity contribution in [3.05, 3.63) is 47.8 Å². The van der Waals surface area contributed by atoms with Gasteiger partial charge in [-0.2, -0.15) is 0 Å². The van der Waals surface area contributed by atoms with E-state index in [1.54, 1.807) is 6.92 Å². The van der Waals surface area contributed by atoms with Crippen molar-refractivity contribution in [2.75, 3.05) is 31.8 Å². The molecule has 2 aromatic heterocycles. The van der Waals surface area contributed by atoms with E-state index in [0.29, 0.717) is 0 Å². The molecule has 0 spiro atoms. The lowest BCUT2D eigenvalue weighted by Gasteiger charge is -2.48. The number of aliphatic hydroxyl groups is 4. The number of ether oxygens (including phenoxy) is 4. The summed E-state index contributed by atoms with van der Waals surface area (Å²) >= 11 is 0. The number of carboxylic acids is 2. The van der Waals surface area contributed by atoms with Gasteiger partial charge in [0.05, 0.1) is 48.0 Å². The first-order valence-corrected chi connectivity index (χ1v) is 20.1. The van der Waals surface area contributed by atoms with Crippen molar-refractivity contribution in [1.82, 2.24) is 20.6 Å². The Morgan fingerprint density at radius 2 is 1.27 bits per heavy atom. The maximum Gasteiger partial charge on any atom is 0.338 e. The lowest BCUT2D eigenvalue weighted by Crippen LogP contribution is -2.69. The summed E-state index contributed by atoms with van der Waals surface area (Å²) < 4.78 is 23.2. The highest BCUT2D eigenvalue weighted by Gasteiger charge is 2.51. The molecule has 0 aliphatic carbocycles. The van der Waals surface area contributed by atoms with Crippen LogP contribution in [0, 0.1) is 0 Å². The molecule has 2 fully saturated rings. The molecule has 4 rings (SSSR count). The van der Waals surface area contributed by atoms with Crippen LogP contribution in [-0.4, -0.2) is 157 Å². The van der Waals surface area contributed by atoms with Gasteiger partial charge in [-0.05, 0) is 52.8 Å². The monoisotopic (exact) mass is 806 g/mol. The number of carboxylic acid groups (broad SMARTS) is 2. The number of hydrogen-bond acceptors (Lipinski definition) is 18. The fourth-order valence-electron chi connectivity index (χ4n) is 5.41. The quantitative estimate of drug-likeness (QED) is 0.0948. The summed E-state index contributed by atoms with van der Waals surface area (Å²) in [6, 6.07) is 3.29. The van der Waals surface area contributed by atoms with E-state index in [4.69, 9.17) is 18.9 Å². The molecule has 0 saturated carbocycles. The van der Waals surface area contributed by atoms with Crippen LogP contribution >= 0.6 is 43.2 Å². The summed E-state index contributed by atoms with van der Waals surface area (Å²) in [7, 11) is 5.21. The van der Waals surface area contributed by atoms with Crippen molar-refractivity contribution in [1.29, 1.82) is 0 Å². The van der Waals surface area contributed by atoms with Gasteiger partial charge in [-0.25, -0.2) is 19.6 Å². The largest absolute Gasteiger partial charge is 0.478 e. The van der Waals surface area contributed by atoms with E-state index >= 15 is 0 Å². The third-order valence-corrected chi connectivity index (χ3v) is 12.2. The van der Waals surface area contributed by atoms with Crippen molar-refractivity contribution in [3.63, 3.8) is 0 Å². The molecule has 0 radical (unpaired) electrons. The molecular weight excluding hydrogens is 769 g/mol. The number of nitrogens with zero attached hydrogens (tertiary/aromatic N) is 2. The van der Waals surface area contributed by atoms with Crippen LogP contribution in [0.2, 0.25) is 0 Å². The van der Waals surface area contributed by atoms with Crippen LogP contribution in [0.15, 0.2) is 46.7 Å². The molecule has 10 atom stereocenters. The Balaban J connectivity index is 1.43. The van der Waals surface area contributed by atoms with Crippen LogP contribution in [-0.2, 0) is 28.5 Å². The van der Waals surface area contributed by atoms with Gasteiger partial charge < -0.3 is 60.2 Å². The number of hydrogen-bond donors (Lipinski definition) is 8. The predicted octanol–water partition coefficient (Wildman–Crippen LogP) is -0.358. The molecule has 286 valence electrons. The Hall–Kier alpha value is -2.74. The number of aromatic carboxylic acids is 2. The van der Waals surface area contributed by atoms with Crippen molar-refractivity contribution in [2.45, 2.75) is 78.1 Å². The molecule has 2 aliphatic rings. The van der Waals surface area contributed by atoms with Crippen molar-refractivity contribution >= 4 is 66.9 Å². The molecule has 2 aliphatic heterocycles. The Labute approximate surface area is 312 Å². The fourth-order valence-corrected chi connectivity index (χ4v) is 9.30. The van der Waals surface area contributed by atoms with Crippen LogP contribution in [0.5, 0.6) is 0 Å². The van der Waals surface area contributed by atoms with E-state index in [2.05, 4.69) is 20.6 Å². The summed E-state index contributed by atoms with van der Waals surface area (Å²) in [5, 5.41) is 67.3. The maximum atomic E-state index is 13.1. The molecule has 2 saturated heterocycles. The van der Waals surface area contributed by atoms with E-state index in [1.807, 2.05) is 0 Å². The molecule has 2 aromatic rings. The van der Waals surface area contributed by atoms with Gasteiger partial charge in [-0.1, -0.05) is 21.6 Å². The lowest BCUT2D eigenvalue weighted by molar-refractivity contribution is -0.315. The van der Waals surface area contributed by atoms with E-state index < -0.39 is 98.1 Å². The molecule has 8 N–H and O–H groups in total. The first kappa shape index (κ1) is 42.0. The van der Waals surface area contributed by atoms with E-state index in [1.165, 1.54) is 43.8 Å². The normalized spacial score (nSPS) is 28.9. The summed E-state index contributed by atoms with van der Waals surface area (Å²) in [6.07, 6.45) is -7.35. The van der Waals surface area contributed by atoms with Gasteiger partial charge in [-0.3, -0.25) is 9.59 Å². The SMILES string of the molecule is CO[C@@H]1C(CO)O[C@@H](O[C@H]2C(O)C(NC(=O)CSSc3ncccc3C(=O)O)[C@H](C)O[C@H]2CO)C(NC(=O)CSSc2ncccc2C(=O)O)[C@H]1O. The highest BCUT2D eigenvalue weighted by molar-refractivity contribution is 8.77. The van der Waals surface area contributed by atoms with Gasteiger partial charge in [0, 0.05) is 19.5 Å². The Morgan fingerprint density at radius 3 is 1.75 bits per heavy atom. The van der Waals surface area contributed by atoms with Crippen LogP contribution in [0.3, 0.4) is 0 Å². The molecule has 0 aromatic carbocycles. The van der Waals surface area contributed by atoms with Gasteiger partial charge in [0.25, 0.3) is 0 Å². The molecule has 2 amide bonds. The maximum absolute atomic E-state index is 13.1. The number of nitrogens with one attached hydrogen (secondary N) is 2. The van der Waals surface area contributed by atoms with E-state index in [-0.39, 0.29) is 32.7 Å². The number of rotatable bonds is 17. The Bertz CT molecular complexity index is 1550. The van der Waals surface area contributed by atoms with Crippen molar-refractivity contribution in [2.24, 2.45) is 0 Å². The summed E-state index contributed by atoms with van der Waals surface area (Å²) in [4.78, 5) is 57.0. The van der Waals surface area contributed by atoms with Crippen molar-refractivity contribution in [3.8, 4) is 0 Å². The van der Waals surface area contributed by atoms with Gasteiger partial charge >= 0.3 is 11.9 Å². The van der Waals surface area contributed by atoms with E-state index in [9.17, 15) is 49.8 Å². The van der Waals surface area contributed by atoms with Crippen molar-refractivity contribution < 1.29 is 68.8 Å². The number of pyridine rings is 2. The lowest BCUT2D eigenvalue weighted by atomic mass is 9.92. The van der Waals surface area contributed by atoms with Gasteiger partial charge in [0.1, 0.15) is 52.7 Å². The van der Waals surface area contributed by atoms with Crippen LogP contribution in [0.4, 0.5) is 0 Å². The standard InChI is InChI=1S/C30H38N4O14S4/c1-13-20(33-18(37)11-49-51-26-14(28(41)42)5-3-7-31-26)22(39)25(17(10-36)46-13)48-30-21(23(40)24(45-2)16(9-35)47-30)34-19(38)12-50-52-27-15(29(43)44)6-4-8-32-27/h3-8,13,16-17,20-25,30,35-36,39-40H,9-12H2,1-2H3,(H,33,37)(H,34,38)(H,41,42)(H,43,44)/t13-,16?,17-,20?,21?,22?,23+,24+,25+,30-/m0/s1. The third kappa shape index (κ3) is 10.7. The van der Waals surface area contributed by atoms with Crippen LogP contribution in [0.25, 0.3) is 0 Å². The second kappa shape index (κ2) is 20.1. The average Bonchev–Trinajstić information content (AvgIpc) is 3.12. The molecule has 4 heterocycles. The minimum absolute atomic E-state index is 0.0265. The fraction of sp³-hybridized carbons (Fsp3) is 0.533. The number of carbonyl (C=O) groups is 4. The summed E-state index contributed by atoms with van der Waals surface area (Å²) in [5.41, 5.74) is -0.0728. The zero-order valence-corrected chi connectivity index (χ0v) is 30.8. The van der Waals surface area contributed by atoms with Crippen LogP contribution in [0.1, 0.15) is 27.6 Å². The topological polar surface area (TPSA) is 276 Å². The molecule has 52 heavy (non-hydrogen) atoms. The Morgan fingerprint density at radius 1 is 0.788 bits per heavy atom. The second-order valence-electron chi connectivity index (χ2n) is 11.3. The third-order valence-electron chi connectivity index (χ3n) is 7.88. The molecule has 18 nitrogen and oxygen atoms in total. The number of aromatic nitrogens is 2. The van der Waals surface area contributed by atoms with Gasteiger partial charge in [0.2, 0.25) is 11.8 Å². The summed E-state index contributed by atoms with van der Waals surface area (Å²) in [5.74, 6) is -3.92. The highest BCUT2D eigenvalue weighted by Crippen LogP contribution is 2.34. The first-order chi connectivity index (χ1) is 24.9.